The van der Waals surface area contributed by atoms with E-state index in [2.05, 4.69) is 0 Å². The quantitative estimate of drug-likeness (QED) is 0.774. The Labute approximate surface area is 155 Å². The number of hydrogen-bond acceptors (Lipinski definition) is 4. The van der Waals surface area contributed by atoms with Crippen molar-refractivity contribution in [1.29, 1.82) is 0 Å². The van der Waals surface area contributed by atoms with Gasteiger partial charge < -0.3 is 14.7 Å². The Bertz CT molecular complexity index is 713. The molecular weight excluding hydrogens is 328 g/mol. The van der Waals surface area contributed by atoms with Gasteiger partial charge in [0.25, 0.3) is 0 Å². The van der Waals surface area contributed by atoms with Gasteiger partial charge in [-0.3, -0.25) is 4.79 Å². The van der Waals surface area contributed by atoms with Crippen molar-refractivity contribution in [3.05, 3.63) is 41.9 Å². The van der Waals surface area contributed by atoms with Gasteiger partial charge in [-0.15, -0.1) is 5.76 Å². The molecule has 140 valence electrons. The second kappa shape index (κ2) is 8.04. The summed E-state index contributed by atoms with van der Waals surface area (Å²) < 4.78 is 7.28. The molecule has 0 radical (unpaired) electrons. The first-order chi connectivity index (χ1) is 12.5. The lowest BCUT2D eigenvalue weighted by Crippen LogP contribution is -2.39. The molecule has 1 unspecified atom stereocenters. The second-order valence-corrected chi connectivity index (χ2v) is 7.37. The van der Waals surface area contributed by atoms with Crippen LogP contribution in [0.3, 0.4) is 0 Å². The van der Waals surface area contributed by atoms with Gasteiger partial charge in [-0.1, -0.05) is 0 Å². The van der Waals surface area contributed by atoms with Gasteiger partial charge in [-0.2, -0.15) is 4.57 Å². The predicted octanol–water partition coefficient (Wildman–Crippen LogP) is 1.92. The summed E-state index contributed by atoms with van der Waals surface area (Å²) in [5, 5.41) is 12.9. The minimum Gasteiger partial charge on any atom is -0.875 e. The van der Waals surface area contributed by atoms with Crippen molar-refractivity contribution in [3.63, 3.8) is 0 Å². The average Bonchev–Trinajstić information content (AvgIpc) is 2.65. The second-order valence-electron chi connectivity index (χ2n) is 7.37. The average molecular weight is 356 g/mol. The number of nitrogens with zero attached hydrogens (tertiary/aromatic N) is 2. The number of anilines is 1. The van der Waals surface area contributed by atoms with Gasteiger partial charge >= 0.3 is 0 Å². The highest BCUT2D eigenvalue weighted by Gasteiger charge is 2.34. The largest absolute Gasteiger partial charge is 0.875 e. The van der Waals surface area contributed by atoms with E-state index in [4.69, 9.17) is 4.74 Å². The lowest BCUT2D eigenvalue weighted by Gasteiger charge is -2.35. The molecule has 0 bridgehead atoms. The van der Waals surface area contributed by atoms with E-state index in [1.54, 1.807) is 0 Å². The zero-order valence-corrected chi connectivity index (χ0v) is 15.9. The van der Waals surface area contributed by atoms with Gasteiger partial charge in [0.15, 0.2) is 18.2 Å². The van der Waals surface area contributed by atoms with Crippen molar-refractivity contribution in [1.82, 2.24) is 0 Å². The van der Waals surface area contributed by atoms with Gasteiger partial charge in [0.2, 0.25) is 5.70 Å². The third kappa shape index (κ3) is 3.83. The van der Waals surface area contributed by atoms with Crippen LogP contribution in [0.4, 0.5) is 5.69 Å². The van der Waals surface area contributed by atoms with Crippen molar-refractivity contribution >= 4 is 17.2 Å². The smallest absolute Gasteiger partial charge is 0.216 e. The van der Waals surface area contributed by atoms with Crippen molar-refractivity contribution in [3.8, 4) is 0 Å². The van der Waals surface area contributed by atoms with Crippen LogP contribution in [0, 0.1) is 11.8 Å². The first-order valence-electron chi connectivity index (χ1n) is 9.38. The Balaban J connectivity index is 1.84. The van der Waals surface area contributed by atoms with Crippen LogP contribution >= 0.6 is 0 Å². The van der Waals surface area contributed by atoms with E-state index in [1.165, 1.54) is 0 Å². The van der Waals surface area contributed by atoms with Crippen LogP contribution in [0.25, 0.3) is 5.70 Å². The standard InChI is InChI=1S/C21H28N2O3/c1-4-18(23-9-5-17(6-10-23)22(2)3)21-19(24)13-16(14-20(21)25)15-7-11-26-12-8-15/h4-6,9-10,15-16H,7-8,11-14H2,1-3H3/b18-4-. The molecule has 0 N–H and O–H groups in total. The monoisotopic (exact) mass is 356 g/mol. The SMILES string of the molecule is C/C=C(/C1=C([O-])CC(C2CCOCC2)CC1=O)[n+]1ccc(N(C)C)cc1. The molecule has 0 saturated carbocycles. The molecule has 1 aliphatic heterocycles. The molecule has 5 heteroatoms. The van der Waals surface area contributed by atoms with E-state index in [1.807, 2.05) is 61.1 Å². The highest BCUT2D eigenvalue weighted by atomic mass is 16.5. The fourth-order valence-electron chi connectivity index (χ4n) is 4.01. The third-order valence-corrected chi connectivity index (χ3v) is 5.52. The Kier molecular flexibility index (Phi) is 5.77. The first kappa shape index (κ1) is 18.6. The molecule has 2 heterocycles. The molecule has 1 fully saturated rings. The lowest BCUT2D eigenvalue weighted by atomic mass is 9.75. The summed E-state index contributed by atoms with van der Waals surface area (Å²) in [5.74, 6) is 0.561. The summed E-state index contributed by atoms with van der Waals surface area (Å²) >= 11 is 0. The van der Waals surface area contributed by atoms with E-state index in [-0.39, 0.29) is 17.5 Å². The minimum absolute atomic E-state index is 0.0185. The number of hydrogen-bond donors (Lipinski definition) is 0. The Morgan fingerprint density at radius 1 is 1.19 bits per heavy atom. The number of carbonyl (C=O) groups is 1. The molecule has 0 amide bonds. The molecule has 26 heavy (non-hydrogen) atoms. The summed E-state index contributed by atoms with van der Waals surface area (Å²) in [7, 11) is 3.96. The summed E-state index contributed by atoms with van der Waals surface area (Å²) in [6.45, 7) is 3.36. The summed E-state index contributed by atoms with van der Waals surface area (Å²) in [4.78, 5) is 14.9. The van der Waals surface area contributed by atoms with E-state index < -0.39 is 0 Å². The zero-order valence-electron chi connectivity index (χ0n) is 15.9. The molecule has 1 atom stereocenters. The Morgan fingerprint density at radius 2 is 1.85 bits per heavy atom. The lowest BCUT2D eigenvalue weighted by molar-refractivity contribution is -0.579. The maximum absolute atomic E-state index is 12.9. The molecule has 1 aromatic heterocycles. The normalized spacial score (nSPS) is 22.7. The first-order valence-corrected chi connectivity index (χ1v) is 9.38. The van der Waals surface area contributed by atoms with Crippen molar-refractivity contribution in [2.45, 2.75) is 32.6 Å². The topological polar surface area (TPSA) is 56.5 Å². The van der Waals surface area contributed by atoms with Crippen molar-refractivity contribution < 1.29 is 19.2 Å². The number of aromatic nitrogens is 1. The molecule has 2 aliphatic rings. The highest BCUT2D eigenvalue weighted by Crippen LogP contribution is 2.36. The van der Waals surface area contributed by atoms with Gasteiger partial charge in [0, 0.05) is 51.6 Å². The maximum Gasteiger partial charge on any atom is 0.216 e. The van der Waals surface area contributed by atoms with Gasteiger partial charge in [0.1, 0.15) is 0 Å². The van der Waals surface area contributed by atoms with Gasteiger partial charge in [0.05, 0.1) is 5.57 Å². The van der Waals surface area contributed by atoms with E-state index in [9.17, 15) is 9.90 Å². The van der Waals surface area contributed by atoms with Crippen LogP contribution in [0.1, 0.15) is 32.6 Å². The molecular formula is C21H28N2O3. The molecule has 0 aromatic carbocycles. The summed E-state index contributed by atoms with van der Waals surface area (Å²) in [6, 6.07) is 3.96. The highest BCUT2D eigenvalue weighted by molar-refractivity contribution is 6.06. The number of allylic oxidation sites excluding steroid dienone is 4. The molecule has 1 aliphatic carbocycles. The van der Waals surface area contributed by atoms with Gasteiger partial charge in [-0.25, -0.2) is 0 Å². The summed E-state index contributed by atoms with van der Waals surface area (Å²) in [5.41, 5.74) is 2.12. The number of ether oxygens (including phenoxy) is 1. The van der Waals surface area contributed by atoms with E-state index in [0.29, 0.717) is 30.0 Å². The van der Waals surface area contributed by atoms with E-state index in [0.717, 1.165) is 31.7 Å². The van der Waals surface area contributed by atoms with E-state index >= 15 is 0 Å². The summed E-state index contributed by atoms with van der Waals surface area (Å²) in [6.07, 6.45) is 8.52. The van der Waals surface area contributed by atoms with Crippen molar-refractivity contribution in [2.24, 2.45) is 11.8 Å². The molecule has 1 aromatic rings. The molecule has 5 nitrogen and oxygen atoms in total. The zero-order chi connectivity index (χ0) is 18.7. The number of pyridine rings is 1. The number of carbonyl (C=O) groups excluding carboxylic acids is 1. The van der Waals surface area contributed by atoms with Crippen LogP contribution in [0.5, 0.6) is 0 Å². The van der Waals surface area contributed by atoms with Crippen LogP contribution in [-0.4, -0.2) is 33.1 Å². The van der Waals surface area contributed by atoms with Crippen molar-refractivity contribution in [2.75, 3.05) is 32.2 Å². The number of ketones is 1. The fourth-order valence-corrected chi connectivity index (χ4v) is 4.01. The van der Waals surface area contributed by atoms with Gasteiger partial charge in [-0.05, 0) is 44.1 Å². The fraction of sp³-hybridized carbons (Fsp3) is 0.524. The molecule has 3 rings (SSSR count). The maximum atomic E-state index is 12.9. The van der Waals surface area contributed by atoms with Crippen LogP contribution in [0.2, 0.25) is 0 Å². The minimum atomic E-state index is -0.0185. The Morgan fingerprint density at radius 3 is 2.38 bits per heavy atom. The van der Waals surface area contributed by atoms with Crippen LogP contribution < -0.4 is 14.6 Å². The Hall–Kier alpha value is -2.14. The van der Waals surface area contributed by atoms with Crippen LogP contribution in [-0.2, 0) is 9.53 Å². The molecule has 0 spiro atoms. The molecule has 1 saturated heterocycles. The number of Topliss-reactive ketones (excluding diaryl/α,β-unsaturated/α-hetero) is 1. The van der Waals surface area contributed by atoms with Crippen LogP contribution in [0.15, 0.2) is 41.9 Å². The predicted molar refractivity (Wildman–Crippen MR) is 99.2 cm³/mol. The number of rotatable bonds is 4. The third-order valence-electron chi connectivity index (χ3n) is 5.52.